The molecule has 0 saturated carbocycles. The first-order valence-electron chi connectivity index (χ1n) is 10.5. The third-order valence-electron chi connectivity index (χ3n) is 5.25. The summed E-state index contributed by atoms with van der Waals surface area (Å²) in [5, 5.41) is 9.21. The third kappa shape index (κ3) is 7.41. The highest BCUT2D eigenvalue weighted by atomic mass is 19.4. The highest BCUT2D eigenvalue weighted by Crippen LogP contribution is 2.31. The van der Waals surface area contributed by atoms with E-state index in [0.717, 1.165) is 17.2 Å². The highest BCUT2D eigenvalue weighted by molar-refractivity contribution is 5.68. The van der Waals surface area contributed by atoms with E-state index in [-0.39, 0.29) is 19.5 Å². The van der Waals surface area contributed by atoms with Gasteiger partial charge in [0.2, 0.25) is 0 Å². The lowest BCUT2D eigenvalue weighted by atomic mass is 10.0. The summed E-state index contributed by atoms with van der Waals surface area (Å²) < 4.78 is 81.4. The maximum absolute atomic E-state index is 13.2. The average molecular weight is 483 g/mol. The van der Waals surface area contributed by atoms with Crippen molar-refractivity contribution in [3.05, 3.63) is 84.4 Å². The zero-order valence-corrected chi connectivity index (χ0v) is 18.0. The van der Waals surface area contributed by atoms with Gasteiger partial charge in [-0.15, -0.1) is 13.2 Å². The molecule has 0 aliphatic heterocycles. The summed E-state index contributed by atoms with van der Waals surface area (Å²) in [4.78, 5) is 1.65. The molecule has 3 aromatic rings. The van der Waals surface area contributed by atoms with Crippen molar-refractivity contribution in [3.8, 4) is 16.9 Å². The van der Waals surface area contributed by atoms with Crippen LogP contribution in [0.4, 0.5) is 32.0 Å². The first kappa shape index (κ1) is 25.4. The minimum atomic E-state index is -4.86. The summed E-state index contributed by atoms with van der Waals surface area (Å²) in [5.74, 6) is -2.32. The van der Waals surface area contributed by atoms with Gasteiger partial charge in [0.1, 0.15) is 5.75 Å². The summed E-state index contributed by atoms with van der Waals surface area (Å²) in [6, 6.07) is 21.9. The molecule has 3 rings (SSSR count). The van der Waals surface area contributed by atoms with Crippen LogP contribution in [-0.2, 0) is 6.54 Å². The zero-order valence-electron chi connectivity index (χ0n) is 18.0. The second-order valence-electron chi connectivity index (χ2n) is 7.74. The van der Waals surface area contributed by atoms with Gasteiger partial charge in [0.25, 0.3) is 0 Å². The lowest BCUT2D eigenvalue weighted by molar-refractivity contribution is -0.274. The molecule has 0 aliphatic rings. The molecule has 0 amide bonds. The van der Waals surface area contributed by atoms with Crippen LogP contribution in [0.3, 0.4) is 0 Å². The number of halogens is 6. The molecule has 9 heteroatoms. The van der Waals surface area contributed by atoms with Gasteiger partial charge in [0, 0.05) is 18.8 Å². The summed E-state index contributed by atoms with van der Waals surface area (Å²) in [7, 11) is 0. The van der Waals surface area contributed by atoms with Crippen LogP contribution in [0, 0.1) is 5.92 Å². The molecular weight excluding hydrogens is 460 g/mol. The number of hydrogen-bond acceptors (Lipinski definition) is 3. The molecule has 3 aromatic carbocycles. The van der Waals surface area contributed by atoms with Gasteiger partial charge in [-0.3, -0.25) is 0 Å². The van der Waals surface area contributed by atoms with Crippen molar-refractivity contribution in [1.82, 2.24) is 0 Å². The first-order valence-corrected chi connectivity index (χ1v) is 10.5. The van der Waals surface area contributed by atoms with Crippen molar-refractivity contribution in [2.75, 3.05) is 18.1 Å². The maximum atomic E-state index is 13.2. The van der Waals surface area contributed by atoms with Gasteiger partial charge in [-0.05, 0) is 47.4 Å². The largest absolute Gasteiger partial charge is 0.573 e. The first-order chi connectivity index (χ1) is 16.0. The highest BCUT2D eigenvalue weighted by Gasteiger charge is 2.39. The van der Waals surface area contributed by atoms with Gasteiger partial charge in [0.05, 0.1) is 12.5 Å². The number of alkyl halides is 6. The van der Waals surface area contributed by atoms with Gasteiger partial charge in [-0.1, -0.05) is 54.6 Å². The maximum Gasteiger partial charge on any atom is 0.573 e. The van der Waals surface area contributed by atoms with E-state index in [1.807, 2.05) is 42.5 Å². The van der Waals surface area contributed by atoms with Gasteiger partial charge in [-0.25, -0.2) is 0 Å². The van der Waals surface area contributed by atoms with E-state index in [0.29, 0.717) is 11.3 Å². The number of rotatable bonds is 9. The summed E-state index contributed by atoms with van der Waals surface area (Å²) in [5.41, 5.74) is 2.78. The number of benzene rings is 3. The summed E-state index contributed by atoms with van der Waals surface area (Å²) in [6.07, 6.45) is -9.80. The quantitative estimate of drug-likeness (QED) is 0.339. The van der Waals surface area contributed by atoms with Crippen LogP contribution in [0.5, 0.6) is 5.75 Å². The zero-order chi connectivity index (χ0) is 24.8. The fourth-order valence-corrected chi connectivity index (χ4v) is 3.54. The predicted octanol–water partition coefficient (Wildman–Crippen LogP) is 6.82. The van der Waals surface area contributed by atoms with Crippen molar-refractivity contribution in [2.24, 2.45) is 5.92 Å². The number of ether oxygens (including phenoxy) is 1. The molecule has 0 aliphatic carbocycles. The molecule has 0 radical (unpaired) electrons. The number of aliphatic hydroxyl groups is 1. The molecule has 1 atom stereocenters. The topological polar surface area (TPSA) is 32.7 Å². The molecule has 1 unspecified atom stereocenters. The number of aliphatic hydroxyl groups excluding tert-OH is 1. The molecule has 0 spiro atoms. The smallest absolute Gasteiger partial charge is 0.406 e. The minimum Gasteiger partial charge on any atom is -0.406 e. The van der Waals surface area contributed by atoms with Crippen molar-refractivity contribution in [3.63, 3.8) is 0 Å². The van der Waals surface area contributed by atoms with Gasteiger partial charge >= 0.3 is 12.5 Å². The normalized spacial score (nSPS) is 12.9. The van der Waals surface area contributed by atoms with E-state index in [1.165, 1.54) is 12.1 Å². The van der Waals surface area contributed by atoms with E-state index in [9.17, 15) is 31.4 Å². The van der Waals surface area contributed by atoms with Crippen molar-refractivity contribution in [2.45, 2.75) is 25.5 Å². The fourth-order valence-electron chi connectivity index (χ4n) is 3.54. The van der Waals surface area contributed by atoms with Crippen molar-refractivity contribution < 1.29 is 36.2 Å². The Labute approximate surface area is 193 Å². The van der Waals surface area contributed by atoms with E-state index >= 15 is 0 Å². The molecule has 182 valence electrons. The van der Waals surface area contributed by atoms with E-state index < -0.39 is 30.8 Å². The van der Waals surface area contributed by atoms with Crippen LogP contribution in [0.15, 0.2) is 78.9 Å². The van der Waals surface area contributed by atoms with E-state index in [4.69, 9.17) is 0 Å². The Morgan fingerprint density at radius 1 is 0.794 bits per heavy atom. The number of hydrogen-bond donors (Lipinski definition) is 1. The summed E-state index contributed by atoms with van der Waals surface area (Å²) >= 11 is 0. The molecule has 0 saturated heterocycles. The monoisotopic (exact) mass is 483 g/mol. The Kier molecular flexibility index (Phi) is 8.09. The molecule has 0 bridgehead atoms. The van der Waals surface area contributed by atoms with Crippen LogP contribution in [-0.4, -0.2) is 30.8 Å². The van der Waals surface area contributed by atoms with Crippen LogP contribution in [0.25, 0.3) is 11.1 Å². The van der Waals surface area contributed by atoms with Crippen LogP contribution < -0.4 is 9.64 Å². The Balaban J connectivity index is 1.90. The Morgan fingerprint density at radius 2 is 1.47 bits per heavy atom. The average Bonchev–Trinajstić information content (AvgIpc) is 2.77. The van der Waals surface area contributed by atoms with Gasteiger partial charge in [-0.2, -0.15) is 13.2 Å². The molecule has 0 heterocycles. The Bertz CT molecular complexity index is 1050. The molecular formula is C25H23F6NO2. The molecule has 3 nitrogen and oxygen atoms in total. The fraction of sp³-hybridized carbons (Fsp3) is 0.280. The SMILES string of the molecule is OCC(CCN(Cc1cccc(OC(F)(F)F)c1)c1cccc(-c2ccccc2)c1)C(F)(F)F. The van der Waals surface area contributed by atoms with Crippen LogP contribution in [0.1, 0.15) is 12.0 Å². The standard InChI is InChI=1S/C25H23F6NO2/c26-24(27,28)21(17-33)12-13-32(16-18-6-4-11-23(14-18)34-25(29,30)31)22-10-5-9-20(15-22)19-7-2-1-3-8-19/h1-11,14-15,21,33H,12-13,16-17H2. The third-order valence-corrected chi connectivity index (χ3v) is 5.25. The van der Waals surface area contributed by atoms with Crippen molar-refractivity contribution in [1.29, 1.82) is 0 Å². The van der Waals surface area contributed by atoms with Crippen molar-refractivity contribution >= 4 is 5.69 Å². The lowest BCUT2D eigenvalue weighted by Crippen LogP contribution is -2.32. The lowest BCUT2D eigenvalue weighted by Gasteiger charge is -2.28. The van der Waals surface area contributed by atoms with Gasteiger partial charge in [0.15, 0.2) is 0 Å². The van der Waals surface area contributed by atoms with Crippen LogP contribution in [0.2, 0.25) is 0 Å². The predicted molar refractivity (Wildman–Crippen MR) is 117 cm³/mol. The Hall–Kier alpha value is -3.20. The number of nitrogens with zero attached hydrogens (tertiary/aromatic N) is 1. The molecule has 0 aromatic heterocycles. The van der Waals surface area contributed by atoms with Gasteiger partial charge < -0.3 is 14.7 Å². The minimum absolute atomic E-state index is 0.0449. The second kappa shape index (κ2) is 10.8. The van der Waals surface area contributed by atoms with E-state index in [2.05, 4.69) is 4.74 Å². The molecule has 1 N–H and O–H groups in total. The molecule has 0 fully saturated rings. The Morgan fingerprint density at radius 3 is 2.12 bits per heavy atom. The summed E-state index contributed by atoms with van der Waals surface area (Å²) in [6.45, 7) is -1.08. The second-order valence-corrected chi connectivity index (χ2v) is 7.74. The molecule has 34 heavy (non-hydrogen) atoms. The van der Waals surface area contributed by atoms with E-state index in [1.54, 1.807) is 23.1 Å². The number of anilines is 1. The van der Waals surface area contributed by atoms with Crippen LogP contribution >= 0.6 is 0 Å².